The average Bonchev–Trinajstić information content (AvgIpc) is 3.13. The van der Waals surface area contributed by atoms with E-state index in [4.69, 9.17) is 10.5 Å². The number of rotatable bonds is 5. The second-order valence-corrected chi connectivity index (χ2v) is 5.25. The lowest BCUT2D eigenvalue weighted by Crippen LogP contribution is -2.11. The smallest absolute Gasteiger partial charge is 0.159 e. The Morgan fingerprint density at radius 2 is 2.18 bits per heavy atom. The van der Waals surface area contributed by atoms with E-state index in [-0.39, 0.29) is 6.10 Å². The molecule has 0 bridgehead atoms. The van der Waals surface area contributed by atoms with Gasteiger partial charge in [-0.05, 0) is 35.2 Å². The molecule has 1 aliphatic rings. The Balaban J connectivity index is 2.33. The molecule has 1 heterocycles. The summed E-state index contributed by atoms with van der Waals surface area (Å²) < 4.78 is 6.29. The molecule has 2 rings (SSSR count). The SMILES string of the molecule is CCCC(OC)c1nc(N)c(Br)c(C2CC2)n1. The van der Waals surface area contributed by atoms with Crippen molar-refractivity contribution in [1.29, 1.82) is 0 Å². The molecule has 1 aromatic heterocycles. The summed E-state index contributed by atoms with van der Waals surface area (Å²) in [6.07, 6.45) is 4.30. The van der Waals surface area contributed by atoms with E-state index >= 15 is 0 Å². The summed E-state index contributed by atoms with van der Waals surface area (Å²) in [5.41, 5.74) is 6.97. The first kappa shape index (κ1) is 12.8. The maximum atomic E-state index is 5.92. The minimum atomic E-state index is -0.0482. The van der Waals surface area contributed by atoms with Crippen molar-refractivity contribution < 1.29 is 4.74 Å². The van der Waals surface area contributed by atoms with Crippen LogP contribution in [0, 0.1) is 0 Å². The van der Waals surface area contributed by atoms with Crippen LogP contribution in [0.4, 0.5) is 5.82 Å². The highest BCUT2D eigenvalue weighted by molar-refractivity contribution is 9.10. The molecule has 2 N–H and O–H groups in total. The quantitative estimate of drug-likeness (QED) is 0.907. The van der Waals surface area contributed by atoms with Gasteiger partial charge in [-0.2, -0.15) is 0 Å². The molecule has 0 aliphatic heterocycles. The fraction of sp³-hybridized carbons (Fsp3) is 0.667. The second-order valence-electron chi connectivity index (χ2n) is 4.45. The molecule has 17 heavy (non-hydrogen) atoms. The number of hydrogen-bond donors (Lipinski definition) is 1. The molecule has 1 aromatic rings. The zero-order valence-corrected chi connectivity index (χ0v) is 11.8. The molecule has 94 valence electrons. The third kappa shape index (κ3) is 2.77. The predicted molar refractivity (Wildman–Crippen MR) is 70.8 cm³/mol. The maximum Gasteiger partial charge on any atom is 0.159 e. The predicted octanol–water partition coefficient (Wildman–Crippen LogP) is 3.19. The third-order valence-electron chi connectivity index (χ3n) is 3.01. The lowest BCUT2D eigenvalue weighted by atomic mass is 10.2. The van der Waals surface area contributed by atoms with Crippen molar-refractivity contribution in [3.05, 3.63) is 16.0 Å². The van der Waals surface area contributed by atoms with Gasteiger partial charge in [-0.15, -0.1) is 0 Å². The van der Waals surface area contributed by atoms with E-state index in [0.717, 1.165) is 28.8 Å². The van der Waals surface area contributed by atoms with Crippen LogP contribution < -0.4 is 5.73 Å². The van der Waals surface area contributed by atoms with Crippen molar-refractivity contribution in [1.82, 2.24) is 9.97 Å². The largest absolute Gasteiger partial charge is 0.383 e. The third-order valence-corrected chi connectivity index (χ3v) is 3.82. The number of nitrogens with two attached hydrogens (primary N) is 1. The summed E-state index contributed by atoms with van der Waals surface area (Å²) in [5.74, 6) is 1.79. The number of nitrogen functional groups attached to an aromatic ring is 1. The van der Waals surface area contributed by atoms with Gasteiger partial charge in [-0.25, -0.2) is 9.97 Å². The van der Waals surface area contributed by atoms with Gasteiger partial charge in [0.05, 0.1) is 10.2 Å². The van der Waals surface area contributed by atoms with E-state index in [1.165, 1.54) is 12.8 Å². The highest BCUT2D eigenvalue weighted by atomic mass is 79.9. The lowest BCUT2D eigenvalue weighted by molar-refractivity contribution is 0.0875. The minimum Gasteiger partial charge on any atom is -0.383 e. The minimum absolute atomic E-state index is 0.0482. The molecule has 1 unspecified atom stereocenters. The van der Waals surface area contributed by atoms with Crippen molar-refractivity contribution in [2.24, 2.45) is 0 Å². The first-order chi connectivity index (χ1) is 8.17. The van der Waals surface area contributed by atoms with Gasteiger partial charge in [-0.3, -0.25) is 0 Å². The number of nitrogens with zero attached hydrogens (tertiary/aromatic N) is 2. The van der Waals surface area contributed by atoms with Crippen molar-refractivity contribution in [2.45, 2.75) is 44.6 Å². The van der Waals surface area contributed by atoms with Gasteiger partial charge >= 0.3 is 0 Å². The van der Waals surface area contributed by atoms with E-state index in [9.17, 15) is 0 Å². The van der Waals surface area contributed by atoms with E-state index in [0.29, 0.717) is 11.7 Å². The molecule has 0 amide bonds. The summed E-state index contributed by atoms with van der Waals surface area (Å²) in [6.45, 7) is 2.12. The maximum absolute atomic E-state index is 5.92. The summed E-state index contributed by atoms with van der Waals surface area (Å²) in [6, 6.07) is 0. The van der Waals surface area contributed by atoms with Gasteiger partial charge in [0.2, 0.25) is 0 Å². The zero-order chi connectivity index (χ0) is 12.4. The lowest BCUT2D eigenvalue weighted by Gasteiger charge is -2.15. The Kier molecular flexibility index (Phi) is 3.99. The van der Waals surface area contributed by atoms with Crippen LogP contribution in [-0.2, 0) is 4.74 Å². The molecule has 0 saturated heterocycles. The number of methoxy groups -OCH3 is 1. The van der Waals surface area contributed by atoms with Crippen LogP contribution in [0.3, 0.4) is 0 Å². The number of halogens is 1. The topological polar surface area (TPSA) is 61.0 Å². The molecule has 1 atom stereocenters. The number of anilines is 1. The summed E-state index contributed by atoms with van der Waals surface area (Å²) in [4.78, 5) is 8.95. The highest BCUT2D eigenvalue weighted by Gasteiger charge is 2.30. The van der Waals surface area contributed by atoms with Crippen molar-refractivity contribution in [3.8, 4) is 0 Å². The Morgan fingerprint density at radius 3 is 2.71 bits per heavy atom. The van der Waals surface area contributed by atoms with E-state index < -0.39 is 0 Å². The molecule has 1 saturated carbocycles. The van der Waals surface area contributed by atoms with Gasteiger partial charge in [0.15, 0.2) is 5.82 Å². The Morgan fingerprint density at radius 1 is 1.47 bits per heavy atom. The van der Waals surface area contributed by atoms with Gasteiger partial charge in [0, 0.05) is 13.0 Å². The van der Waals surface area contributed by atoms with Crippen LogP contribution in [0.5, 0.6) is 0 Å². The van der Waals surface area contributed by atoms with Crippen LogP contribution in [0.15, 0.2) is 4.47 Å². The second kappa shape index (κ2) is 5.31. The molecule has 1 aliphatic carbocycles. The molecule has 0 spiro atoms. The molecular formula is C12H18BrN3O. The molecule has 5 heteroatoms. The summed E-state index contributed by atoms with van der Waals surface area (Å²) in [5, 5.41) is 0. The van der Waals surface area contributed by atoms with Gasteiger partial charge < -0.3 is 10.5 Å². The van der Waals surface area contributed by atoms with Crippen LogP contribution in [0.25, 0.3) is 0 Å². The molecule has 4 nitrogen and oxygen atoms in total. The number of aromatic nitrogens is 2. The fourth-order valence-electron chi connectivity index (χ4n) is 1.89. The molecule has 0 aromatic carbocycles. The van der Waals surface area contributed by atoms with Gasteiger partial charge in [0.25, 0.3) is 0 Å². The van der Waals surface area contributed by atoms with Crippen LogP contribution in [0.2, 0.25) is 0 Å². The van der Waals surface area contributed by atoms with Crippen molar-refractivity contribution >= 4 is 21.7 Å². The average molecular weight is 300 g/mol. The number of ether oxygens (including phenoxy) is 1. The summed E-state index contributed by atoms with van der Waals surface area (Å²) >= 11 is 3.47. The molecule has 1 fully saturated rings. The standard InChI is InChI=1S/C12H18BrN3O/c1-3-4-8(17-2)12-15-10(7-5-6-7)9(13)11(14)16-12/h7-8H,3-6H2,1-2H3,(H2,14,15,16). The molecule has 0 radical (unpaired) electrons. The first-order valence-electron chi connectivity index (χ1n) is 6.03. The monoisotopic (exact) mass is 299 g/mol. The fourth-order valence-corrected chi connectivity index (χ4v) is 2.39. The zero-order valence-electron chi connectivity index (χ0n) is 10.2. The van der Waals surface area contributed by atoms with E-state index in [2.05, 4.69) is 32.8 Å². The normalized spacial score (nSPS) is 17.1. The number of hydrogen-bond acceptors (Lipinski definition) is 4. The van der Waals surface area contributed by atoms with Crippen molar-refractivity contribution in [2.75, 3.05) is 12.8 Å². The Bertz CT molecular complexity index is 407. The summed E-state index contributed by atoms with van der Waals surface area (Å²) in [7, 11) is 1.69. The van der Waals surface area contributed by atoms with Gasteiger partial charge in [-0.1, -0.05) is 13.3 Å². The molecular weight excluding hydrogens is 282 g/mol. The van der Waals surface area contributed by atoms with Crippen LogP contribution in [-0.4, -0.2) is 17.1 Å². The first-order valence-corrected chi connectivity index (χ1v) is 6.82. The van der Waals surface area contributed by atoms with E-state index in [1.54, 1.807) is 7.11 Å². The van der Waals surface area contributed by atoms with Crippen LogP contribution >= 0.6 is 15.9 Å². The van der Waals surface area contributed by atoms with Gasteiger partial charge in [0.1, 0.15) is 11.9 Å². The van der Waals surface area contributed by atoms with E-state index in [1.807, 2.05) is 0 Å². The Hall–Kier alpha value is -0.680. The van der Waals surface area contributed by atoms with Crippen LogP contribution in [0.1, 0.15) is 56.1 Å². The van der Waals surface area contributed by atoms with Crippen molar-refractivity contribution in [3.63, 3.8) is 0 Å². The highest BCUT2D eigenvalue weighted by Crippen LogP contribution is 2.43. The Labute approximate surface area is 110 Å².